The molecular formula is C20H22O4. The van der Waals surface area contributed by atoms with Gasteiger partial charge in [-0.1, -0.05) is 60.7 Å². The summed E-state index contributed by atoms with van der Waals surface area (Å²) in [4.78, 5) is 0. The van der Waals surface area contributed by atoms with E-state index in [0.29, 0.717) is 6.61 Å². The smallest absolute Gasteiger partial charge is 0.185 e. The number of fused-ring (bicyclic) bond motifs is 2. The molecule has 5 atom stereocenters. The zero-order valence-electron chi connectivity index (χ0n) is 13.7. The molecule has 0 N–H and O–H groups in total. The van der Waals surface area contributed by atoms with Crippen molar-refractivity contribution in [2.45, 2.75) is 43.7 Å². The van der Waals surface area contributed by atoms with Gasteiger partial charge in [-0.2, -0.15) is 0 Å². The average molecular weight is 326 g/mol. The van der Waals surface area contributed by atoms with Gasteiger partial charge in [-0.3, -0.25) is 0 Å². The van der Waals surface area contributed by atoms with E-state index in [-0.39, 0.29) is 30.7 Å². The van der Waals surface area contributed by atoms with E-state index in [4.69, 9.17) is 18.9 Å². The lowest BCUT2D eigenvalue weighted by Crippen LogP contribution is -2.44. The molecule has 2 bridgehead atoms. The molecule has 2 saturated heterocycles. The van der Waals surface area contributed by atoms with E-state index in [9.17, 15) is 0 Å². The Morgan fingerprint density at radius 3 is 2.33 bits per heavy atom. The predicted molar refractivity (Wildman–Crippen MR) is 89.4 cm³/mol. The Labute approximate surface area is 142 Å². The van der Waals surface area contributed by atoms with Gasteiger partial charge in [0.2, 0.25) is 0 Å². The van der Waals surface area contributed by atoms with Gasteiger partial charge < -0.3 is 18.9 Å². The molecule has 2 aromatic carbocycles. The molecule has 0 spiro atoms. The van der Waals surface area contributed by atoms with Crippen LogP contribution in [0.15, 0.2) is 60.7 Å². The van der Waals surface area contributed by atoms with Crippen molar-refractivity contribution in [2.24, 2.45) is 0 Å². The van der Waals surface area contributed by atoms with E-state index in [0.717, 1.165) is 17.5 Å². The number of hydrogen-bond donors (Lipinski definition) is 0. The monoisotopic (exact) mass is 326 g/mol. The van der Waals surface area contributed by atoms with Crippen LogP contribution in [0.25, 0.3) is 0 Å². The van der Waals surface area contributed by atoms with E-state index >= 15 is 0 Å². The van der Waals surface area contributed by atoms with Gasteiger partial charge in [0.05, 0.1) is 12.7 Å². The molecule has 0 aliphatic carbocycles. The fourth-order valence-corrected chi connectivity index (χ4v) is 3.48. The van der Waals surface area contributed by atoms with E-state index in [1.807, 2.05) is 36.4 Å². The first-order valence-electron chi connectivity index (χ1n) is 8.39. The summed E-state index contributed by atoms with van der Waals surface area (Å²) in [5.74, 6) is 0. The van der Waals surface area contributed by atoms with E-state index in [1.165, 1.54) is 0 Å². The maximum Gasteiger partial charge on any atom is 0.185 e. The highest BCUT2D eigenvalue weighted by Gasteiger charge is 2.50. The third kappa shape index (κ3) is 3.10. The molecule has 2 fully saturated rings. The van der Waals surface area contributed by atoms with Gasteiger partial charge in [0.25, 0.3) is 0 Å². The number of ether oxygens (including phenoxy) is 4. The lowest BCUT2D eigenvalue weighted by molar-refractivity contribution is -0.206. The first-order valence-corrected chi connectivity index (χ1v) is 8.39. The summed E-state index contributed by atoms with van der Waals surface area (Å²) in [6.07, 6.45) is 0.0951. The first kappa shape index (κ1) is 15.8. The van der Waals surface area contributed by atoms with Crippen molar-refractivity contribution in [3.8, 4) is 0 Å². The predicted octanol–water partition coefficient (Wildman–Crippen LogP) is 3.47. The molecule has 126 valence electrons. The molecule has 2 heterocycles. The van der Waals surface area contributed by atoms with Crippen LogP contribution in [0.1, 0.15) is 23.7 Å². The van der Waals surface area contributed by atoms with Gasteiger partial charge in [0, 0.05) is 13.5 Å². The number of rotatable bonds is 5. The lowest BCUT2D eigenvalue weighted by Gasteiger charge is -2.33. The van der Waals surface area contributed by atoms with Gasteiger partial charge >= 0.3 is 0 Å². The zero-order chi connectivity index (χ0) is 16.4. The summed E-state index contributed by atoms with van der Waals surface area (Å²) in [5.41, 5.74) is 2.27. The molecule has 0 radical (unpaired) electrons. The summed E-state index contributed by atoms with van der Waals surface area (Å²) in [6, 6.07) is 20.3. The second-order valence-corrected chi connectivity index (χ2v) is 6.28. The average Bonchev–Trinajstić information content (AvgIpc) is 3.03. The van der Waals surface area contributed by atoms with Gasteiger partial charge in [0.1, 0.15) is 18.3 Å². The first-order chi connectivity index (χ1) is 11.8. The second-order valence-electron chi connectivity index (χ2n) is 6.28. The van der Waals surface area contributed by atoms with Crippen LogP contribution < -0.4 is 0 Å². The van der Waals surface area contributed by atoms with Crippen LogP contribution in [0, 0.1) is 0 Å². The standard InChI is InChI=1S/C20H22O4/c1-21-16-12-17(22-13-14-8-4-2-5-9-14)20-23-18(19(16)24-20)15-10-6-3-7-11-15/h2-11,16-20H,12-13H2,1H3/t16-,17+,18-,19-,20+/m0/s1. The molecule has 2 aromatic rings. The normalized spacial score (nSPS) is 32.0. The van der Waals surface area contributed by atoms with Crippen LogP contribution in [-0.4, -0.2) is 31.7 Å². The molecule has 0 unspecified atom stereocenters. The Bertz CT molecular complexity index is 645. The Morgan fingerprint density at radius 1 is 0.917 bits per heavy atom. The fourth-order valence-electron chi connectivity index (χ4n) is 3.48. The maximum atomic E-state index is 6.18. The third-order valence-corrected chi connectivity index (χ3v) is 4.74. The third-order valence-electron chi connectivity index (χ3n) is 4.74. The molecule has 4 heteroatoms. The van der Waals surface area contributed by atoms with E-state index in [2.05, 4.69) is 24.3 Å². The highest BCUT2D eigenvalue weighted by molar-refractivity contribution is 5.21. The fraction of sp³-hybridized carbons (Fsp3) is 0.400. The molecule has 0 amide bonds. The molecule has 2 aliphatic heterocycles. The molecule has 2 aliphatic rings. The SMILES string of the molecule is CO[C@H]1C[C@@H](OCc2ccccc2)[C@H]2O[C@@H]1[C@H](c1ccccc1)O2. The van der Waals surface area contributed by atoms with Crippen molar-refractivity contribution in [3.63, 3.8) is 0 Å². The molecule has 0 saturated carbocycles. The molecule has 4 nitrogen and oxygen atoms in total. The molecule has 24 heavy (non-hydrogen) atoms. The lowest BCUT2D eigenvalue weighted by atomic mass is 9.96. The Balaban J connectivity index is 1.47. The summed E-state index contributed by atoms with van der Waals surface area (Å²) < 4.78 is 24.0. The van der Waals surface area contributed by atoms with Crippen LogP contribution in [-0.2, 0) is 25.6 Å². The van der Waals surface area contributed by atoms with Crippen LogP contribution in [0.3, 0.4) is 0 Å². The van der Waals surface area contributed by atoms with Crippen LogP contribution in [0.4, 0.5) is 0 Å². The zero-order valence-corrected chi connectivity index (χ0v) is 13.7. The molecule has 4 rings (SSSR count). The van der Waals surface area contributed by atoms with Crippen molar-refractivity contribution in [2.75, 3.05) is 7.11 Å². The summed E-state index contributed by atoms with van der Waals surface area (Å²) in [6.45, 7) is 0.547. The Morgan fingerprint density at radius 2 is 1.62 bits per heavy atom. The van der Waals surface area contributed by atoms with Crippen molar-refractivity contribution >= 4 is 0 Å². The van der Waals surface area contributed by atoms with Gasteiger partial charge in [0.15, 0.2) is 6.29 Å². The van der Waals surface area contributed by atoms with Gasteiger partial charge in [-0.15, -0.1) is 0 Å². The minimum Gasteiger partial charge on any atom is -0.379 e. The van der Waals surface area contributed by atoms with Crippen LogP contribution >= 0.6 is 0 Å². The minimum atomic E-state index is -0.338. The summed E-state index contributed by atoms with van der Waals surface area (Å²) >= 11 is 0. The van der Waals surface area contributed by atoms with Crippen molar-refractivity contribution in [3.05, 3.63) is 71.8 Å². The quantitative estimate of drug-likeness (QED) is 0.843. The Kier molecular flexibility index (Phi) is 4.63. The molecular weight excluding hydrogens is 304 g/mol. The van der Waals surface area contributed by atoms with Gasteiger partial charge in [-0.25, -0.2) is 0 Å². The highest BCUT2D eigenvalue weighted by Crippen LogP contribution is 2.42. The minimum absolute atomic E-state index is 0.0327. The number of hydrogen-bond acceptors (Lipinski definition) is 4. The van der Waals surface area contributed by atoms with E-state index in [1.54, 1.807) is 7.11 Å². The van der Waals surface area contributed by atoms with Crippen molar-refractivity contribution in [1.29, 1.82) is 0 Å². The Hall–Kier alpha value is -1.72. The maximum absolute atomic E-state index is 6.18. The van der Waals surface area contributed by atoms with Crippen molar-refractivity contribution in [1.82, 2.24) is 0 Å². The summed E-state index contributed by atoms with van der Waals surface area (Å²) in [5, 5.41) is 0. The molecule has 0 aromatic heterocycles. The van der Waals surface area contributed by atoms with E-state index < -0.39 is 0 Å². The van der Waals surface area contributed by atoms with Crippen LogP contribution in [0.5, 0.6) is 0 Å². The van der Waals surface area contributed by atoms with Crippen LogP contribution in [0.2, 0.25) is 0 Å². The topological polar surface area (TPSA) is 36.9 Å². The number of benzene rings is 2. The number of methoxy groups -OCH3 is 1. The second kappa shape index (κ2) is 7.03. The van der Waals surface area contributed by atoms with Gasteiger partial charge in [-0.05, 0) is 11.1 Å². The largest absolute Gasteiger partial charge is 0.379 e. The summed E-state index contributed by atoms with van der Waals surface area (Å²) in [7, 11) is 1.73. The highest BCUT2D eigenvalue weighted by atomic mass is 16.8. The van der Waals surface area contributed by atoms with Crippen molar-refractivity contribution < 1.29 is 18.9 Å².